The Labute approximate surface area is 138 Å². The third-order valence-electron chi connectivity index (χ3n) is 3.77. The van der Waals surface area contributed by atoms with Gasteiger partial charge in [-0.05, 0) is 49.2 Å². The number of rotatable bonds is 4. The number of nitrogens with zero attached hydrogens (tertiary/aromatic N) is 2. The second kappa shape index (κ2) is 6.16. The highest BCUT2D eigenvalue weighted by molar-refractivity contribution is 6.05. The first kappa shape index (κ1) is 15.7. The van der Waals surface area contributed by atoms with Crippen molar-refractivity contribution in [1.82, 2.24) is 9.38 Å². The van der Waals surface area contributed by atoms with Crippen LogP contribution < -0.4 is 5.32 Å². The Kier molecular flexibility index (Phi) is 4.04. The third-order valence-corrected chi connectivity index (χ3v) is 3.77. The molecule has 0 aliphatic rings. The van der Waals surface area contributed by atoms with Gasteiger partial charge in [-0.1, -0.05) is 13.0 Å². The van der Waals surface area contributed by atoms with Crippen LogP contribution in [0.1, 0.15) is 39.0 Å². The molecule has 2 aromatic heterocycles. The Morgan fingerprint density at radius 1 is 1.25 bits per heavy atom. The molecule has 0 radical (unpaired) electrons. The lowest BCUT2D eigenvalue weighted by Crippen LogP contribution is -2.16. The maximum Gasteiger partial charge on any atom is 0.335 e. The van der Waals surface area contributed by atoms with Crippen molar-refractivity contribution in [2.75, 3.05) is 5.32 Å². The van der Waals surface area contributed by atoms with Crippen LogP contribution in [0.25, 0.3) is 5.65 Å². The van der Waals surface area contributed by atoms with E-state index in [1.165, 1.54) is 12.1 Å². The fourth-order valence-corrected chi connectivity index (χ4v) is 2.60. The molecule has 0 aliphatic heterocycles. The second-order valence-electron chi connectivity index (χ2n) is 5.53. The number of benzene rings is 1. The van der Waals surface area contributed by atoms with Crippen molar-refractivity contribution < 1.29 is 14.7 Å². The molecule has 3 rings (SSSR count). The van der Waals surface area contributed by atoms with Crippen LogP contribution in [0.15, 0.2) is 42.6 Å². The number of aromatic nitrogens is 2. The van der Waals surface area contributed by atoms with Gasteiger partial charge in [-0.2, -0.15) is 0 Å². The number of aromatic carboxylic acids is 1. The summed E-state index contributed by atoms with van der Waals surface area (Å²) < 4.78 is 1.75. The van der Waals surface area contributed by atoms with E-state index in [1.807, 2.05) is 32.2 Å². The first-order valence-corrected chi connectivity index (χ1v) is 7.62. The molecule has 0 saturated heterocycles. The Morgan fingerprint density at radius 3 is 2.75 bits per heavy atom. The van der Waals surface area contributed by atoms with Crippen molar-refractivity contribution in [3.05, 3.63) is 65.1 Å². The van der Waals surface area contributed by atoms with E-state index in [1.54, 1.807) is 16.5 Å². The Hall–Kier alpha value is -3.15. The number of aryl methyl sites for hydroxylation is 2. The van der Waals surface area contributed by atoms with Crippen LogP contribution in [0.4, 0.5) is 5.69 Å². The lowest BCUT2D eigenvalue weighted by atomic mass is 10.2. The molecule has 0 fully saturated rings. The van der Waals surface area contributed by atoms with Gasteiger partial charge >= 0.3 is 5.97 Å². The van der Waals surface area contributed by atoms with Crippen molar-refractivity contribution >= 4 is 23.2 Å². The van der Waals surface area contributed by atoms with Gasteiger partial charge in [0.25, 0.3) is 5.91 Å². The fraction of sp³-hybridized carbons (Fsp3) is 0.167. The molecule has 24 heavy (non-hydrogen) atoms. The van der Waals surface area contributed by atoms with Gasteiger partial charge in [-0.15, -0.1) is 0 Å². The number of anilines is 1. The minimum atomic E-state index is -1.04. The molecular formula is C18H17N3O3. The number of amides is 1. The van der Waals surface area contributed by atoms with Crippen LogP contribution in [-0.2, 0) is 6.42 Å². The number of fused-ring (bicyclic) bond motifs is 1. The van der Waals surface area contributed by atoms with Crippen LogP contribution in [0, 0.1) is 6.92 Å². The molecule has 0 aliphatic carbocycles. The van der Waals surface area contributed by atoms with E-state index < -0.39 is 5.97 Å². The van der Waals surface area contributed by atoms with E-state index >= 15 is 0 Å². The summed E-state index contributed by atoms with van der Waals surface area (Å²) in [5.74, 6) is -1.35. The van der Waals surface area contributed by atoms with Crippen LogP contribution in [0.2, 0.25) is 0 Å². The summed E-state index contributed by atoms with van der Waals surface area (Å²) in [5.41, 5.74) is 3.51. The molecule has 0 atom stereocenters. The molecule has 0 unspecified atom stereocenters. The third kappa shape index (κ3) is 2.86. The first-order valence-electron chi connectivity index (χ1n) is 7.62. The number of imidazole rings is 1. The first-order chi connectivity index (χ1) is 11.5. The van der Waals surface area contributed by atoms with Gasteiger partial charge in [0.2, 0.25) is 0 Å². The van der Waals surface area contributed by atoms with Crippen molar-refractivity contribution in [3.63, 3.8) is 0 Å². The quantitative estimate of drug-likeness (QED) is 0.772. The molecule has 2 heterocycles. The van der Waals surface area contributed by atoms with Gasteiger partial charge in [-0.3, -0.25) is 9.20 Å². The Balaban J connectivity index is 1.99. The molecule has 3 aromatic rings. The van der Waals surface area contributed by atoms with Crippen molar-refractivity contribution in [2.45, 2.75) is 20.3 Å². The minimum absolute atomic E-state index is 0.122. The SMILES string of the molecule is CCc1nc2cc(C)ccn2c1C(=O)Nc1cccc(C(=O)O)c1. The zero-order valence-corrected chi connectivity index (χ0v) is 13.4. The van der Waals surface area contributed by atoms with Crippen LogP contribution in [0.3, 0.4) is 0 Å². The molecular weight excluding hydrogens is 306 g/mol. The molecule has 2 N–H and O–H groups in total. The van der Waals surface area contributed by atoms with Crippen molar-refractivity contribution in [1.29, 1.82) is 0 Å². The maximum atomic E-state index is 12.7. The normalized spacial score (nSPS) is 10.8. The summed E-state index contributed by atoms with van der Waals surface area (Å²) in [6, 6.07) is 9.99. The molecule has 0 spiro atoms. The van der Waals surface area contributed by atoms with Crippen LogP contribution in [-0.4, -0.2) is 26.4 Å². The zero-order valence-electron chi connectivity index (χ0n) is 13.4. The molecule has 1 aromatic carbocycles. The highest BCUT2D eigenvalue weighted by atomic mass is 16.4. The fourth-order valence-electron chi connectivity index (χ4n) is 2.60. The zero-order chi connectivity index (χ0) is 17.3. The monoisotopic (exact) mass is 323 g/mol. The van der Waals surface area contributed by atoms with E-state index in [4.69, 9.17) is 5.11 Å². The van der Waals surface area contributed by atoms with Crippen LogP contribution in [0.5, 0.6) is 0 Å². The van der Waals surface area contributed by atoms with Crippen molar-refractivity contribution in [2.24, 2.45) is 0 Å². The predicted molar refractivity (Wildman–Crippen MR) is 90.7 cm³/mol. The highest BCUT2D eigenvalue weighted by Gasteiger charge is 2.18. The lowest BCUT2D eigenvalue weighted by molar-refractivity contribution is 0.0696. The van der Waals surface area contributed by atoms with E-state index in [2.05, 4.69) is 10.3 Å². The van der Waals surface area contributed by atoms with Crippen molar-refractivity contribution in [3.8, 4) is 0 Å². The largest absolute Gasteiger partial charge is 0.478 e. The highest BCUT2D eigenvalue weighted by Crippen LogP contribution is 2.18. The van der Waals surface area contributed by atoms with Gasteiger partial charge in [0.05, 0.1) is 11.3 Å². The minimum Gasteiger partial charge on any atom is -0.478 e. The van der Waals surface area contributed by atoms with E-state index in [-0.39, 0.29) is 11.5 Å². The molecule has 0 bridgehead atoms. The topological polar surface area (TPSA) is 83.7 Å². The Morgan fingerprint density at radius 2 is 2.04 bits per heavy atom. The van der Waals surface area contributed by atoms with Gasteiger partial charge < -0.3 is 10.4 Å². The number of carboxylic acids is 1. The lowest BCUT2D eigenvalue weighted by Gasteiger charge is -2.07. The average Bonchev–Trinajstić information content (AvgIpc) is 2.92. The summed E-state index contributed by atoms with van der Waals surface area (Å²) in [6.45, 7) is 3.91. The van der Waals surface area contributed by atoms with Crippen LogP contribution >= 0.6 is 0 Å². The standard InChI is InChI=1S/C18H17N3O3/c1-3-14-16(21-8-7-11(2)9-15(21)20-14)17(22)19-13-6-4-5-12(10-13)18(23)24/h4-10H,3H2,1-2H3,(H,19,22)(H,23,24). The Bertz CT molecular complexity index is 944. The summed E-state index contributed by atoms with van der Waals surface area (Å²) in [4.78, 5) is 28.3. The van der Waals surface area contributed by atoms with E-state index in [0.717, 1.165) is 11.2 Å². The number of carbonyl (C=O) groups excluding carboxylic acids is 1. The van der Waals surface area contributed by atoms with E-state index in [0.29, 0.717) is 23.5 Å². The van der Waals surface area contributed by atoms with Gasteiger partial charge in [0.15, 0.2) is 0 Å². The summed E-state index contributed by atoms with van der Waals surface area (Å²) >= 11 is 0. The number of hydrogen-bond donors (Lipinski definition) is 2. The number of hydrogen-bond acceptors (Lipinski definition) is 3. The predicted octanol–water partition coefficient (Wildman–Crippen LogP) is 3.16. The maximum absolute atomic E-state index is 12.7. The molecule has 1 amide bonds. The van der Waals surface area contributed by atoms with Gasteiger partial charge in [-0.25, -0.2) is 9.78 Å². The number of carbonyl (C=O) groups is 2. The molecule has 122 valence electrons. The second-order valence-corrected chi connectivity index (χ2v) is 5.53. The summed E-state index contributed by atoms with van der Waals surface area (Å²) in [5, 5.41) is 11.8. The number of pyridine rings is 1. The summed E-state index contributed by atoms with van der Waals surface area (Å²) in [6.07, 6.45) is 2.44. The number of nitrogens with one attached hydrogen (secondary N) is 1. The molecule has 6 nitrogen and oxygen atoms in total. The van der Waals surface area contributed by atoms with Gasteiger partial charge in [0.1, 0.15) is 11.3 Å². The number of carboxylic acid groups (broad SMARTS) is 1. The average molecular weight is 323 g/mol. The molecule has 0 saturated carbocycles. The molecule has 6 heteroatoms. The smallest absolute Gasteiger partial charge is 0.335 e. The van der Waals surface area contributed by atoms with E-state index in [9.17, 15) is 9.59 Å². The summed E-state index contributed by atoms with van der Waals surface area (Å²) in [7, 11) is 0. The van der Waals surface area contributed by atoms with Gasteiger partial charge in [0, 0.05) is 11.9 Å².